The Balaban J connectivity index is 1.54. The molecular weight excluding hydrogens is 224 g/mol. The minimum absolute atomic E-state index is 0.367. The van der Waals surface area contributed by atoms with E-state index in [1.807, 2.05) is 12.1 Å². The van der Waals surface area contributed by atoms with Crippen molar-refractivity contribution in [2.45, 2.75) is 38.3 Å². The number of nitrogens with zero attached hydrogens (tertiary/aromatic N) is 1. The summed E-state index contributed by atoms with van der Waals surface area (Å²) in [5, 5.41) is 9.47. The first-order valence-electron chi connectivity index (χ1n) is 6.91. The number of benzene rings is 1. The van der Waals surface area contributed by atoms with Crippen LogP contribution in [0, 0.1) is 5.41 Å². The van der Waals surface area contributed by atoms with E-state index in [1.165, 1.54) is 44.3 Å². The second-order valence-corrected chi connectivity index (χ2v) is 6.11. The Morgan fingerprint density at radius 1 is 1.28 bits per heavy atom. The summed E-state index contributed by atoms with van der Waals surface area (Å²) in [6, 6.07) is 8.06. The Morgan fingerprint density at radius 2 is 2.00 bits per heavy atom. The average Bonchev–Trinajstić information content (AvgIpc) is 2.30. The van der Waals surface area contributed by atoms with Gasteiger partial charge in [-0.05, 0) is 61.9 Å². The van der Waals surface area contributed by atoms with Gasteiger partial charge in [0.2, 0.25) is 0 Å². The summed E-state index contributed by atoms with van der Waals surface area (Å²) in [7, 11) is 0. The zero-order chi connectivity index (χ0) is 12.6. The number of phenols is 1. The molecule has 0 radical (unpaired) electrons. The topological polar surface area (TPSA) is 49.5 Å². The molecule has 2 aliphatic rings. The summed E-state index contributed by atoms with van der Waals surface area (Å²) >= 11 is 0. The molecule has 1 aliphatic heterocycles. The normalized spacial score (nSPS) is 24.1. The minimum Gasteiger partial charge on any atom is -0.508 e. The van der Waals surface area contributed by atoms with E-state index in [0.717, 1.165) is 6.54 Å². The number of likely N-dealkylation sites (tertiary alicyclic amines) is 1. The van der Waals surface area contributed by atoms with E-state index in [4.69, 9.17) is 5.73 Å². The number of hydrogen-bond donors (Lipinski definition) is 2. The van der Waals surface area contributed by atoms with Crippen molar-refractivity contribution in [3.63, 3.8) is 0 Å². The van der Waals surface area contributed by atoms with Gasteiger partial charge in [-0.15, -0.1) is 0 Å². The monoisotopic (exact) mass is 246 g/mol. The number of hydrogen-bond acceptors (Lipinski definition) is 3. The van der Waals surface area contributed by atoms with E-state index in [9.17, 15) is 5.11 Å². The maximum atomic E-state index is 9.47. The van der Waals surface area contributed by atoms with Crippen LogP contribution >= 0.6 is 0 Å². The molecule has 1 spiro atoms. The van der Waals surface area contributed by atoms with Crippen LogP contribution in [0.15, 0.2) is 24.3 Å². The van der Waals surface area contributed by atoms with Crippen LogP contribution in [0.25, 0.3) is 0 Å². The second kappa shape index (κ2) is 4.56. The average molecular weight is 246 g/mol. The fourth-order valence-electron chi connectivity index (χ4n) is 3.56. The van der Waals surface area contributed by atoms with Crippen molar-refractivity contribution in [1.29, 1.82) is 0 Å². The Morgan fingerprint density at radius 3 is 2.61 bits per heavy atom. The lowest BCUT2D eigenvalue weighted by atomic mass is 9.61. The number of aromatic hydroxyl groups is 1. The largest absolute Gasteiger partial charge is 0.508 e. The molecule has 1 heterocycles. The molecule has 18 heavy (non-hydrogen) atoms. The molecule has 2 fully saturated rings. The van der Waals surface area contributed by atoms with Crippen molar-refractivity contribution in [1.82, 2.24) is 4.90 Å². The molecule has 0 amide bonds. The van der Waals surface area contributed by atoms with Crippen molar-refractivity contribution in [2.75, 3.05) is 13.1 Å². The van der Waals surface area contributed by atoms with Gasteiger partial charge in [0.1, 0.15) is 5.75 Å². The molecule has 0 atom stereocenters. The molecule has 3 N–H and O–H groups in total. The summed E-state index contributed by atoms with van der Waals surface area (Å²) in [5.74, 6) is 0.367. The molecule has 3 heteroatoms. The lowest BCUT2D eigenvalue weighted by molar-refractivity contribution is 0.0154. The van der Waals surface area contributed by atoms with Gasteiger partial charge in [0.05, 0.1) is 0 Å². The van der Waals surface area contributed by atoms with Crippen LogP contribution in [-0.4, -0.2) is 29.1 Å². The third-order valence-corrected chi connectivity index (χ3v) is 4.62. The van der Waals surface area contributed by atoms with Crippen molar-refractivity contribution >= 4 is 0 Å². The fourth-order valence-corrected chi connectivity index (χ4v) is 3.56. The van der Waals surface area contributed by atoms with Crippen LogP contribution < -0.4 is 5.73 Å². The highest BCUT2D eigenvalue weighted by molar-refractivity contribution is 5.27. The highest BCUT2D eigenvalue weighted by Crippen LogP contribution is 2.48. The molecular formula is C15H22N2O. The number of phenolic OH excluding ortho intramolecular Hbond substituents is 1. The molecule has 1 aliphatic carbocycles. The van der Waals surface area contributed by atoms with Gasteiger partial charge in [-0.25, -0.2) is 0 Å². The highest BCUT2D eigenvalue weighted by atomic mass is 16.3. The second-order valence-electron chi connectivity index (χ2n) is 6.11. The van der Waals surface area contributed by atoms with Crippen molar-refractivity contribution in [3.05, 3.63) is 29.8 Å². The summed E-state index contributed by atoms with van der Waals surface area (Å²) in [6.45, 7) is 3.29. The standard InChI is InChI=1S/C15H22N2O/c16-13-9-15(10-13)4-6-17(7-5-15)11-12-2-1-3-14(18)8-12/h1-3,8,13,18H,4-7,9-11,16H2. The Kier molecular flexibility index (Phi) is 3.04. The lowest BCUT2D eigenvalue weighted by Crippen LogP contribution is -2.51. The van der Waals surface area contributed by atoms with Crippen LogP contribution in [0.2, 0.25) is 0 Å². The highest BCUT2D eigenvalue weighted by Gasteiger charge is 2.43. The Bertz CT molecular complexity index is 416. The summed E-state index contributed by atoms with van der Waals surface area (Å²) < 4.78 is 0. The zero-order valence-corrected chi connectivity index (χ0v) is 10.8. The number of nitrogens with two attached hydrogens (primary N) is 1. The van der Waals surface area contributed by atoms with E-state index in [-0.39, 0.29) is 0 Å². The smallest absolute Gasteiger partial charge is 0.115 e. The maximum absolute atomic E-state index is 9.47. The fraction of sp³-hybridized carbons (Fsp3) is 0.600. The summed E-state index contributed by atoms with van der Waals surface area (Å²) in [5.41, 5.74) is 7.70. The van der Waals surface area contributed by atoms with Gasteiger partial charge >= 0.3 is 0 Å². The van der Waals surface area contributed by atoms with E-state index in [2.05, 4.69) is 11.0 Å². The van der Waals surface area contributed by atoms with Crippen LogP contribution in [0.1, 0.15) is 31.2 Å². The van der Waals surface area contributed by atoms with E-state index >= 15 is 0 Å². The van der Waals surface area contributed by atoms with Crippen LogP contribution in [0.3, 0.4) is 0 Å². The molecule has 0 aromatic heterocycles. The van der Waals surface area contributed by atoms with Gasteiger partial charge in [-0.3, -0.25) is 4.90 Å². The summed E-state index contributed by atoms with van der Waals surface area (Å²) in [4.78, 5) is 2.49. The number of piperidine rings is 1. The Hall–Kier alpha value is -1.06. The molecule has 1 saturated carbocycles. The van der Waals surface area contributed by atoms with Crippen molar-refractivity contribution < 1.29 is 5.11 Å². The van der Waals surface area contributed by atoms with Gasteiger partial charge < -0.3 is 10.8 Å². The third kappa shape index (κ3) is 2.38. The van der Waals surface area contributed by atoms with Gasteiger partial charge in [0, 0.05) is 12.6 Å². The van der Waals surface area contributed by atoms with E-state index in [1.54, 1.807) is 6.07 Å². The molecule has 1 aromatic rings. The lowest BCUT2D eigenvalue weighted by Gasteiger charge is -2.51. The number of rotatable bonds is 2. The molecule has 0 unspecified atom stereocenters. The summed E-state index contributed by atoms with van der Waals surface area (Å²) in [6.07, 6.45) is 5.04. The maximum Gasteiger partial charge on any atom is 0.115 e. The first kappa shape index (κ1) is 12.0. The predicted octanol–water partition coefficient (Wildman–Crippen LogP) is 2.10. The molecule has 98 valence electrons. The van der Waals surface area contributed by atoms with Crippen molar-refractivity contribution in [3.8, 4) is 5.75 Å². The minimum atomic E-state index is 0.367. The van der Waals surface area contributed by atoms with Crippen molar-refractivity contribution in [2.24, 2.45) is 11.1 Å². The van der Waals surface area contributed by atoms with Gasteiger partial charge in [0.25, 0.3) is 0 Å². The van der Waals surface area contributed by atoms with E-state index < -0.39 is 0 Å². The predicted molar refractivity (Wildman–Crippen MR) is 72.3 cm³/mol. The van der Waals surface area contributed by atoms with Gasteiger partial charge in [-0.1, -0.05) is 12.1 Å². The van der Waals surface area contributed by atoms with E-state index in [0.29, 0.717) is 17.2 Å². The van der Waals surface area contributed by atoms with Gasteiger partial charge in [-0.2, -0.15) is 0 Å². The van der Waals surface area contributed by atoms with Crippen LogP contribution in [-0.2, 0) is 6.54 Å². The molecule has 1 aromatic carbocycles. The van der Waals surface area contributed by atoms with Crippen LogP contribution in [0.5, 0.6) is 5.75 Å². The van der Waals surface area contributed by atoms with Gasteiger partial charge in [0.15, 0.2) is 0 Å². The van der Waals surface area contributed by atoms with Crippen LogP contribution in [0.4, 0.5) is 0 Å². The molecule has 0 bridgehead atoms. The Labute approximate surface area is 109 Å². The third-order valence-electron chi connectivity index (χ3n) is 4.62. The zero-order valence-electron chi connectivity index (χ0n) is 10.8. The molecule has 1 saturated heterocycles. The quantitative estimate of drug-likeness (QED) is 0.840. The first-order valence-corrected chi connectivity index (χ1v) is 6.91. The molecule has 3 rings (SSSR count). The molecule has 3 nitrogen and oxygen atoms in total. The first-order chi connectivity index (χ1) is 8.65. The SMILES string of the molecule is NC1CC2(CCN(Cc3cccc(O)c3)CC2)C1.